The Balaban J connectivity index is 1.90. The van der Waals surface area contributed by atoms with Crippen LogP contribution >= 0.6 is 0 Å². The van der Waals surface area contributed by atoms with Gasteiger partial charge in [-0.2, -0.15) is 18.2 Å². The van der Waals surface area contributed by atoms with Gasteiger partial charge in [-0.05, 0) is 23.5 Å². The topological polar surface area (TPSA) is 35.0 Å². The van der Waals surface area contributed by atoms with Gasteiger partial charge in [0, 0.05) is 11.8 Å². The number of halogens is 3. The van der Waals surface area contributed by atoms with Gasteiger partial charge < -0.3 is 4.74 Å². The molecule has 0 spiro atoms. The second-order valence-electron chi connectivity index (χ2n) is 6.62. The van der Waals surface area contributed by atoms with Gasteiger partial charge in [-0.15, -0.1) is 0 Å². The van der Waals surface area contributed by atoms with Gasteiger partial charge >= 0.3 is 6.18 Å². The molecule has 28 heavy (non-hydrogen) atoms. The molecule has 2 aromatic carbocycles. The van der Waals surface area contributed by atoms with Crippen LogP contribution in [0.2, 0.25) is 0 Å². The summed E-state index contributed by atoms with van der Waals surface area (Å²) in [6.07, 6.45) is -2.80. The Morgan fingerprint density at radius 1 is 1.00 bits per heavy atom. The number of hydrogen-bond donors (Lipinski definition) is 0. The third-order valence-corrected chi connectivity index (χ3v) is 4.63. The summed E-state index contributed by atoms with van der Waals surface area (Å²) in [4.78, 5) is 7.98. The minimum Gasteiger partial charge on any atom is -0.472 e. The molecule has 0 amide bonds. The average Bonchev–Trinajstić information content (AvgIpc) is 2.71. The molecule has 0 radical (unpaired) electrons. The molecule has 6 heteroatoms. The van der Waals surface area contributed by atoms with E-state index in [1.807, 2.05) is 30.3 Å². The quantitative estimate of drug-likeness (QED) is 0.502. The van der Waals surface area contributed by atoms with Crippen molar-refractivity contribution in [3.05, 3.63) is 77.5 Å². The third-order valence-electron chi connectivity index (χ3n) is 4.63. The zero-order valence-electron chi connectivity index (χ0n) is 15.7. The van der Waals surface area contributed by atoms with Crippen molar-refractivity contribution < 1.29 is 17.9 Å². The predicted octanol–water partition coefficient (Wildman–Crippen LogP) is 6.25. The minimum absolute atomic E-state index is 0.00662. The van der Waals surface area contributed by atoms with Crippen LogP contribution in [0.1, 0.15) is 42.9 Å². The van der Waals surface area contributed by atoms with Gasteiger partial charge in [-0.3, -0.25) is 0 Å². The van der Waals surface area contributed by atoms with E-state index in [1.165, 1.54) is 5.56 Å². The first kappa shape index (κ1) is 19.9. The van der Waals surface area contributed by atoms with Crippen molar-refractivity contribution in [1.82, 2.24) is 9.97 Å². The lowest BCUT2D eigenvalue weighted by Gasteiger charge is -2.14. The lowest BCUT2D eigenvalue weighted by molar-refractivity contribution is -0.139. The Labute approximate surface area is 162 Å². The second-order valence-corrected chi connectivity index (χ2v) is 6.62. The molecule has 0 bridgehead atoms. The van der Waals surface area contributed by atoms with Crippen LogP contribution in [-0.4, -0.2) is 9.97 Å². The molecule has 0 saturated heterocycles. The number of ether oxygens (including phenoxy) is 1. The Hall–Kier alpha value is -2.89. The first-order valence-corrected chi connectivity index (χ1v) is 9.09. The number of benzene rings is 2. The maximum Gasteiger partial charge on any atom is 0.423 e. The van der Waals surface area contributed by atoms with Crippen LogP contribution in [0.4, 0.5) is 13.2 Å². The summed E-state index contributed by atoms with van der Waals surface area (Å²) in [6.45, 7) is 4.22. The largest absolute Gasteiger partial charge is 0.472 e. The van der Waals surface area contributed by atoms with Gasteiger partial charge in [0.15, 0.2) is 5.82 Å². The van der Waals surface area contributed by atoms with Gasteiger partial charge in [0.25, 0.3) is 0 Å². The Morgan fingerprint density at radius 3 is 2.29 bits per heavy atom. The molecule has 1 unspecified atom stereocenters. The molecular weight excluding hydrogens is 365 g/mol. The highest BCUT2D eigenvalue weighted by molar-refractivity contribution is 5.56. The molecule has 0 saturated carbocycles. The Morgan fingerprint density at radius 2 is 1.68 bits per heavy atom. The van der Waals surface area contributed by atoms with E-state index in [9.17, 15) is 13.2 Å². The van der Waals surface area contributed by atoms with E-state index in [0.717, 1.165) is 18.2 Å². The monoisotopic (exact) mass is 386 g/mol. The summed E-state index contributed by atoms with van der Waals surface area (Å²) in [5.74, 6) is 0.145. The van der Waals surface area contributed by atoms with Crippen molar-refractivity contribution in [3.63, 3.8) is 0 Å². The van der Waals surface area contributed by atoms with E-state index in [1.54, 1.807) is 24.3 Å². The highest BCUT2D eigenvalue weighted by Crippen LogP contribution is 2.36. The number of hydrogen-bond acceptors (Lipinski definition) is 3. The summed E-state index contributed by atoms with van der Waals surface area (Å²) in [5, 5.41) is 0. The molecule has 1 aromatic heterocycles. The summed E-state index contributed by atoms with van der Waals surface area (Å²) >= 11 is 0. The Bertz CT molecular complexity index is 909. The lowest BCUT2D eigenvalue weighted by atomic mass is 9.97. The van der Waals surface area contributed by atoms with E-state index in [4.69, 9.17) is 4.74 Å². The molecule has 1 heterocycles. The molecule has 0 fully saturated rings. The van der Waals surface area contributed by atoms with Gasteiger partial charge in [-0.1, -0.05) is 68.4 Å². The molecule has 0 aliphatic rings. The highest BCUT2D eigenvalue weighted by atomic mass is 19.4. The first-order chi connectivity index (χ1) is 13.4. The second kappa shape index (κ2) is 8.42. The smallest absolute Gasteiger partial charge is 0.423 e. The van der Waals surface area contributed by atoms with Gasteiger partial charge in [0.05, 0.1) is 0 Å². The zero-order valence-corrected chi connectivity index (χ0v) is 15.7. The van der Waals surface area contributed by atoms with Crippen molar-refractivity contribution in [1.29, 1.82) is 0 Å². The van der Waals surface area contributed by atoms with Crippen molar-refractivity contribution in [2.24, 2.45) is 0 Å². The summed E-state index contributed by atoms with van der Waals surface area (Å²) in [7, 11) is 0. The normalized spacial score (nSPS) is 12.6. The van der Waals surface area contributed by atoms with E-state index in [-0.39, 0.29) is 12.4 Å². The number of aromatic nitrogens is 2. The van der Waals surface area contributed by atoms with E-state index in [2.05, 4.69) is 23.8 Å². The Kier molecular flexibility index (Phi) is 5.97. The van der Waals surface area contributed by atoms with Gasteiger partial charge in [0.2, 0.25) is 5.88 Å². The molecule has 146 valence electrons. The van der Waals surface area contributed by atoms with Crippen molar-refractivity contribution in [3.8, 4) is 17.3 Å². The molecule has 3 rings (SSSR count). The van der Waals surface area contributed by atoms with E-state index < -0.39 is 17.6 Å². The minimum atomic E-state index is -4.59. The van der Waals surface area contributed by atoms with Gasteiger partial charge in [-0.25, -0.2) is 4.98 Å². The first-order valence-electron chi connectivity index (χ1n) is 9.09. The zero-order chi connectivity index (χ0) is 20.1. The van der Waals surface area contributed by atoms with E-state index >= 15 is 0 Å². The lowest BCUT2D eigenvalue weighted by Crippen LogP contribution is -2.11. The third kappa shape index (κ3) is 4.68. The maximum absolute atomic E-state index is 13.3. The van der Waals surface area contributed by atoms with Crippen LogP contribution in [0.3, 0.4) is 0 Å². The van der Waals surface area contributed by atoms with E-state index in [0.29, 0.717) is 11.5 Å². The summed E-state index contributed by atoms with van der Waals surface area (Å²) < 4.78 is 45.4. The predicted molar refractivity (Wildman–Crippen MR) is 102 cm³/mol. The van der Waals surface area contributed by atoms with Crippen LogP contribution in [-0.2, 0) is 12.8 Å². The highest BCUT2D eigenvalue weighted by Gasteiger charge is 2.36. The molecule has 0 aliphatic carbocycles. The fourth-order valence-electron chi connectivity index (χ4n) is 2.73. The summed E-state index contributed by atoms with van der Waals surface area (Å²) in [5.41, 5.74) is 1.58. The van der Waals surface area contributed by atoms with Crippen LogP contribution in [0.15, 0.2) is 60.8 Å². The number of rotatable bonds is 6. The fourth-order valence-corrected chi connectivity index (χ4v) is 2.73. The van der Waals surface area contributed by atoms with Crippen LogP contribution in [0.25, 0.3) is 11.4 Å². The standard InChI is InChI=1S/C22H21F3N2O/c1-3-15(2)17-9-11-18(12-10-17)20-26-13-19(22(23,24)25)21(27-20)28-14-16-7-5-4-6-8-16/h4-13,15H,3,14H2,1-2H3. The van der Waals surface area contributed by atoms with Crippen molar-refractivity contribution >= 4 is 0 Å². The van der Waals surface area contributed by atoms with Crippen molar-refractivity contribution in [2.75, 3.05) is 0 Å². The molecule has 3 nitrogen and oxygen atoms in total. The molecule has 0 N–H and O–H groups in total. The molecular formula is C22H21F3N2O. The fraction of sp³-hybridized carbons (Fsp3) is 0.273. The number of nitrogens with zero attached hydrogens (tertiary/aromatic N) is 2. The maximum atomic E-state index is 13.3. The molecule has 3 aromatic rings. The number of alkyl halides is 3. The van der Waals surface area contributed by atoms with Crippen molar-refractivity contribution in [2.45, 2.75) is 39.0 Å². The summed E-state index contributed by atoms with van der Waals surface area (Å²) in [6, 6.07) is 16.5. The molecule has 0 aliphatic heterocycles. The average molecular weight is 386 g/mol. The SMILES string of the molecule is CCC(C)c1ccc(-c2ncc(C(F)(F)F)c(OCc3ccccc3)n2)cc1. The van der Waals surface area contributed by atoms with Crippen LogP contribution in [0, 0.1) is 0 Å². The molecule has 1 atom stereocenters. The van der Waals surface area contributed by atoms with Crippen LogP contribution in [0.5, 0.6) is 5.88 Å². The van der Waals surface area contributed by atoms with Gasteiger partial charge in [0.1, 0.15) is 12.2 Å². The van der Waals surface area contributed by atoms with Crippen LogP contribution < -0.4 is 4.74 Å².